The third kappa shape index (κ3) is 1.77. The van der Waals surface area contributed by atoms with Crippen molar-refractivity contribution in [1.82, 2.24) is 5.32 Å². The van der Waals surface area contributed by atoms with Gasteiger partial charge in [0.2, 0.25) is 0 Å². The zero-order valence-electron chi connectivity index (χ0n) is 7.79. The molecule has 0 radical (unpaired) electrons. The molecule has 2 heterocycles. The zero-order chi connectivity index (χ0) is 9.31. The van der Waals surface area contributed by atoms with Crippen molar-refractivity contribution in [1.29, 1.82) is 0 Å². The van der Waals surface area contributed by atoms with Gasteiger partial charge < -0.3 is 10.4 Å². The fourth-order valence-corrected chi connectivity index (χ4v) is 2.57. The lowest BCUT2D eigenvalue weighted by molar-refractivity contribution is 0.0336. The molecule has 0 amide bonds. The van der Waals surface area contributed by atoms with Gasteiger partial charge in [-0.2, -0.15) is 11.3 Å². The molecule has 1 aromatic rings. The Morgan fingerprint density at radius 1 is 1.77 bits per heavy atom. The van der Waals surface area contributed by atoms with Crippen LogP contribution >= 0.6 is 11.3 Å². The van der Waals surface area contributed by atoms with Crippen LogP contribution in [0.15, 0.2) is 16.8 Å². The van der Waals surface area contributed by atoms with Crippen molar-refractivity contribution in [3.63, 3.8) is 0 Å². The molecule has 72 valence electrons. The summed E-state index contributed by atoms with van der Waals surface area (Å²) in [5.74, 6) is 0. The highest BCUT2D eigenvalue weighted by molar-refractivity contribution is 7.07. The summed E-state index contributed by atoms with van der Waals surface area (Å²) in [6, 6.07) is 2.31. The third-order valence-electron chi connectivity index (χ3n) is 2.90. The summed E-state index contributed by atoms with van der Waals surface area (Å²) in [6.45, 7) is 2.99. The number of rotatable bonds is 2. The monoisotopic (exact) mass is 197 g/mol. The van der Waals surface area contributed by atoms with Crippen molar-refractivity contribution in [2.75, 3.05) is 6.54 Å². The second-order valence-electron chi connectivity index (χ2n) is 3.84. The molecule has 1 fully saturated rings. The van der Waals surface area contributed by atoms with Crippen LogP contribution in [0.25, 0.3) is 0 Å². The Balaban J connectivity index is 2.08. The van der Waals surface area contributed by atoms with Crippen LogP contribution in [0, 0.1) is 0 Å². The van der Waals surface area contributed by atoms with Gasteiger partial charge in [0, 0.05) is 12.5 Å². The second-order valence-corrected chi connectivity index (χ2v) is 4.62. The summed E-state index contributed by atoms with van der Waals surface area (Å²) < 4.78 is 0. The topological polar surface area (TPSA) is 32.3 Å². The van der Waals surface area contributed by atoms with E-state index in [0.29, 0.717) is 0 Å². The lowest BCUT2D eigenvalue weighted by atomic mass is 9.89. The quantitative estimate of drug-likeness (QED) is 0.751. The predicted octanol–water partition coefficient (Wildman–Crippen LogP) is 1.40. The fourth-order valence-electron chi connectivity index (χ4n) is 1.90. The van der Waals surface area contributed by atoms with Crippen LogP contribution in [0.1, 0.15) is 18.9 Å². The first kappa shape index (κ1) is 9.19. The van der Waals surface area contributed by atoms with Gasteiger partial charge in [-0.1, -0.05) is 0 Å². The molecule has 1 aliphatic heterocycles. The molecule has 0 bridgehead atoms. The highest BCUT2D eigenvalue weighted by Gasteiger charge is 2.37. The van der Waals surface area contributed by atoms with Crippen LogP contribution in [0.4, 0.5) is 0 Å². The van der Waals surface area contributed by atoms with Crippen LogP contribution < -0.4 is 5.32 Å². The SMILES string of the molecule is CC1NCCC1(O)Cc1ccsc1. The summed E-state index contributed by atoms with van der Waals surface area (Å²) >= 11 is 1.69. The van der Waals surface area contributed by atoms with E-state index in [1.54, 1.807) is 11.3 Å². The van der Waals surface area contributed by atoms with E-state index in [1.807, 2.05) is 0 Å². The smallest absolute Gasteiger partial charge is 0.0849 e. The molecule has 3 heteroatoms. The molecular formula is C10H15NOS. The normalized spacial score (nSPS) is 33.8. The minimum Gasteiger partial charge on any atom is -0.388 e. The minimum atomic E-state index is -0.527. The summed E-state index contributed by atoms with van der Waals surface area (Å²) in [7, 11) is 0. The highest BCUT2D eigenvalue weighted by atomic mass is 32.1. The van der Waals surface area contributed by atoms with E-state index < -0.39 is 5.60 Å². The van der Waals surface area contributed by atoms with Gasteiger partial charge in [0.05, 0.1) is 5.60 Å². The van der Waals surface area contributed by atoms with E-state index in [4.69, 9.17) is 0 Å². The molecule has 2 atom stereocenters. The second kappa shape index (κ2) is 3.40. The van der Waals surface area contributed by atoms with Crippen molar-refractivity contribution < 1.29 is 5.11 Å². The van der Waals surface area contributed by atoms with Gasteiger partial charge in [0.25, 0.3) is 0 Å². The predicted molar refractivity (Wildman–Crippen MR) is 55.1 cm³/mol. The molecule has 0 aromatic carbocycles. The van der Waals surface area contributed by atoms with Gasteiger partial charge >= 0.3 is 0 Å². The third-order valence-corrected chi connectivity index (χ3v) is 3.64. The van der Waals surface area contributed by atoms with Crippen molar-refractivity contribution in [3.8, 4) is 0 Å². The van der Waals surface area contributed by atoms with Gasteiger partial charge in [-0.15, -0.1) is 0 Å². The number of thiophene rings is 1. The van der Waals surface area contributed by atoms with E-state index in [-0.39, 0.29) is 6.04 Å². The summed E-state index contributed by atoms with van der Waals surface area (Å²) in [5.41, 5.74) is 0.726. The largest absolute Gasteiger partial charge is 0.388 e. The van der Waals surface area contributed by atoms with Crippen molar-refractivity contribution in [3.05, 3.63) is 22.4 Å². The Kier molecular flexibility index (Phi) is 2.41. The van der Waals surface area contributed by atoms with Crippen LogP contribution in [0.3, 0.4) is 0 Å². The average molecular weight is 197 g/mol. The molecular weight excluding hydrogens is 182 g/mol. The fraction of sp³-hybridized carbons (Fsp3) is 0.600. The van der Waals surface area contributed by atoms with E-state index in [1.165, 1.54) is 5.56 Å². The minimum absolute atomic E-state index is 0.215. The molecule has 13 heavy (non-hydrogen) atoms. The van der Waals surface area contributed by atoms with Crippen LogP contribution in [0.5, 0.6) is 0 Å². The van der Waals surface area contributed by atoms with Gasteiger partial charge in [0.15, 0.2) is 0 Å². The Morgan fingerprint density at radius 2 is 2.62 bits per heavy atom. The maximum absolute atomic E-state index is 10.3. The van der Waals surface area contributed by atoms with Crippen molar-refractivity contribution in [2.24, 2.45) is 0 Å². The Bertz CT molecular complexity index is 272. The first-order valence-electron chi connectivity index (χ1n) is 4.67. The molecule has 1 aromatic heterocycles. The highest BCUT2D eigenvalue weighted by Crippen LogP contribution is 2.26. The number of aliphatic hydroxyl groups is 1. The standard InChI is InChI=1S/C10H15NOS/c1-8-10(12,3-4-11-8)6-9-2-5-13-7-9/h2,5,7-8,11-12H,3-4,6H2,1H3. The molecule has 2 nitrogen and oxygen atoms in total. The number of nitrogens with one attached hydrogen (secondary N) is 1. The molecule has 1 saturated heterocycles. The summed E-state index contributed by atoms with van der Waals surface area (Å²) in [5, 5.41) is 17.7. The molecule has 2 unspecified atom stereocenters. The molecule has 0 saturated carbocycles. The first-order chi connectivity index (χ1) is 6.21. The zero-order valence-corrected chi connectivity index (χ0v) is 8.60. The van der Waals surface area contributed by atoms with Crippen LogP contribution in [-0.4, -0.2) is 23.3 Å². The maximum Gasteiger partial charge on any atom is 0.0849 e. The first-order valence-corrected chi connectivity index (χ1v) is 5.62. The lowest BCUT2D eigenvalue weighted by Crippen LogP contribution is -2.42. The molecule has 0 aliphatic carbocycles. The van der Waals surface area contributed by atoms with Crippen molar-refractivity contribution >= 4 is 11.3 Å². The van der Waals surface area contributed by atoms with Gasteiger partial charge in [-0.25, -0.2) is 0 Å². The van der Waals surface area contributed by atoms with E-state index in [0.717, 1.165) is 19.4 Å². The van der Waals surface area contributed by atoms with Gasteiger partial charge in [-0.3, -0.25) is 0 Å². The Hall–Kier alpha value is -0.380. The van der Waals surface area contributed by atoms with E-state index in [9.17, 15) is 5.11 Å². The average Bonchev–Trinajstić information content (AvgIpc) is 2.65. The molecule has 2 N–H and O–H groups in total. The molecule has 1 aliphatic rings. The summed E-state index contributed by atoms with van der Waals surface area (Å²) in [4.78, 5) is 0. The van der Waals surface area contributed by atoms with Crippen LogP contribution in [-0.2, 0) is 6.42 Å². The molecule has 0 spiro atoms. The number of hydrogen-bond acceptors (Lipinski definition) is 3. The number of hydrogen-bond donors (Lipinski definition) is 2. The van der Waals surface area contributed by atoms with Gasteiger partial charge in [0.1, 0.15) is 0 Å². The molecule has 2 rings (SSSR count). The Labute approximate surface area is 82.6 Å². The van der Waals surface area contributed by atoms with E-state index >= 15 is 0 Å². The maximum atomic E-state index is 10.3. The summed E-state index contributed by atoms with van der Waals surface area (Å²) in [6.07, 6.45) is 1.65. The van der Waals surface area contributed by atoms with Crippen LogP contribution in [0.2, 0.25) is 0 Å². The van der Waals surface area contributed by atoms with E-state index in [2.05, 4.69) is 29.1 Å². The van der Waals surface area contributed by atoms with Crippen molar-refractivity contribution in [2.45, 2.75) is 31.4 Å². The Morgan fingerprint density at radius 3 is 3.15 bits per heavy atom. The lowest BCUT2D eigenvalue weighted by Gasteiger charge is -2.26. The van der Waals surface area contributed by atoms with Gasteiger partial charge in [-0.05, 0) is 42.3 Å².